The van der Waals surface area contributed by atoms with E-state index in [2.05, 4.69) is 5.92 Å². The second kappa shape index (κ2) is 3.28. The molecule has 0 atom stereocenters. The van der Waals surface area contributed by atoms with Gasteiger partial charge in [0.2, 0.25) is 0 Å². The molecule has 0 fully saturated rings. The van der Waals surface area contributed by atoms with E-state index in [1.54, 1.807) is 6.07 Å². The largest absolute Gasteiger partial charge is 0.309 e. The highest BCUT2D eigenvalue weighted by Crippen LogP contribution is 2.17. The minimum absolute atomic E-state index is 0.149. The Balaban J connectivity index is 2.79. The van der Waals surface area contributed by atoms with Crippen molar-refractivity contribution >= 4 is 21.6 Å². The highest BCUT2D eigenvalue weighted by Gasteiger charge is 2.06. The molecule has 0 radical (unpaired) electrons. The number of aromatic nitrogens is 1. The van der Waals surface area contributed by atoms with Gasteiger partial charge in [-0.15, -0.1) is 6.42 Å². The lowest BCUT2D eigenvalue weighted by molar-refractivity contribution is 0.629. The molecule has 0 saturated carbocycles. The minimum Gasteiger partial charge on any atom is -0.287 e. The average molecular weight is 207 g/mol. The third-order valence-corrected chi connectivity index (χ3v) is 2.82. The van der Waals surface area contributed by atoms with Crippen molar-refractivity contribution in [1.82, 2.24) is 4.57 Å². The fourth-order valence-electron chi connectivity index (χ4n) is 1.28. The van der Waals surface area contributed by atoms with E-state index in [0.29, 0.717) is 10.2 Å². The molecule has 1 aromatic heterocycles. The Morgan fingerprint density at radius 3 is 3.07 bits per heavy atom. The normalized spacial score (nSPS) is 10.3. The van der Waals surface area contributed by atoms with Crippen LogP contribution in [0, 0.1) is 18.2 Å². The second-order valence-corrected chi connectivity index (χ2v) is 3.76. The van der Waals surface area contributed by atoms with Crippen LogP contribution in [0.1, 0.15) is 0 Å². The van der Waals surface area contributed by atoms with Crippen LogP contribution in [0.3, 0.4) is 0 Å². The van der Waals surface area contributed by atoms with Crippen molar-refractivity contribution < 1.29 is 4.39 Å². The number of fused-ring (bicyclic) bond motifs is 1. The van der Waals surface area contributed by atoms with E-state index in [0.717, 1.165) is 11.3 Å². The van der Waals surface area contributed by atoms with Gasteiger partial charge in [-0.25, -0.2) is 4.39 Å². The summed E-state index contributed by atoms with van der Waals surface area (Å²) in [6.45, 7) is 0.227. The summed E-state index contributed by atoms with van der Waals surface area (Å²) < 4.78 is 14.9. The lowest BCUT2D eigenvalue weighted by Gasteiger charge is -1.96. The Hall–Kier alpha value is -1.60. The van der Waals surface area contributed by atoms with Crippen molar-refractivity contribution in [3.8, 4) is 12.3 Å². The molecule has 4 heteroatoms. The molecule has 14 heavy (non-hydrogen) atoms. The van der Waals surface area contributed by atoms with E-state index < -0.39 is 0 Å². The number of rotatable bonds is 1. The van der Waals surface area contributed by atoms with Gasteiger partial charge < -0.3 is 0 Å². The van der Waals surface area contributed by atoms with Crippen LogP contribution in [0.4, 0.5) is 4.39 Å². The molecule has 0 unspecified atom stereocenters. The van der Waals surface area contributed by atoms with Crippen molar-refractivity contribution in [3.63, 3.8) is 0 Å². The van der Waals surface area contributed by atoms with Crippen LogP contribution in [0.25, 0.3) is 10.2 Å². The molecule has 0 aliphatic carbocycles. The maximum absolute atomic E-state index is 12.8. The number of nitrogens with zero attached hydrogens (tertiary/aromatic N) is 1. The number of hydrogen-bond acceptors (Lipinski definition) is 2. The smallest absolute Gasteiger partial charge is 0.287 e. The molecule has 1 aromatic carbocycles. The van der Waals surface area contributed by atoms with Gasteiger partial charge in [0.25, 0.3) is 0 Å². The quantitative estimate of drug-likeness (QED) is 0.654. The average Bonchev–Trinajstić information content (AvgIpc) is 2.43. The van der Waals surface area contributed by atoms with Gasteiger partial charge >= 0.3 is 4.87 Å². The van der Waals surface area contributed by atoms with E-state index in [4.69, 9.17) is 6.42 Å². The van der Waals surface area contributed by atoms with Gasteiger partial charge in [-0.1, -0.05) is 17.3 Å². The SMILES string of the molecule is C#CCn1c(=O)sc2cc(F)ccc21. The van der Waals surface area contributed by atoms with Crippen molar-refractivity contribution in [2.24, 2.45) is 0 Å². The van der Waals surface area contributed by atoms with Crippen LogP contribution in [-0.4, -0.2) is 4.57 Å². The molecule has 2 aromatic rings. The minimum atomic E-state index is -0.341. The fourth-order valence-corrected chi connectivity index (χ4v) is 2.20. The molecule has 2 rings (SSSR count). The summed E-state index contributed by atoms with van der Waals surface area (Å²) in [5.41, 5.74) is 0.694. The first-order valence-electron chi connectivity index (χ1n) is 3.95. The van der Waals surface area contributed by atoms with E-state index in [-0.39, 0.29) is 17.2 Å². The van der Waals surface area contributed by atoms with Crippen LogP contribution in [0.2, 0.25) is 0 Å². The van der Waals surface area contributed by atoms with Crippen molar-refractivity contribution in [2.45, 2.75) is 6.54 Å². The van der Waals surface area contributed by atoms with E-state index in [9.17, 15) is 9.18 Å². The molecule has 0 aliphatic heterocycles. The van der Waals surface area contributed by atoms with Gasteiger partial charge in [0.05, 0.1) is 16.8 Å². The highest BCUT2D eigenvalue weighted by atomic mass is 32.1. The number of halogens is 1. The van der Waals surface area contributed by atoms with Crippen LogP contribution in [0.5, 0.6) is 0 Å². The molecule has 2 nitrogen and oxygen atoms in total. The maximum Gasteiger partial charge on any atom is 0.309 e. The third-order valence-electron chi connectivity index (χ3n) is 1.88. The van der Waals surface area contributed by atoms with Gasteiger partial charge in [-0.05, 0) is 18.2 Å². The number of thiazole rings is 1. The van der Waals surface area contributed by atoms with Crippen LogP contribution >= 0.6 is 11.3 Å². The third kappa shape index (κ3) is 1.32. The predicted octanol–water partition coefficient (Wildman–Crippen LogP) is 1.84. The monoisotopic (exact) mass is 207 g/mol. The van der Waals surface area contributed by atoms with Crippen LogP contribution < -0.4 is 4.87 Å². The Labute approximate surface area is 83.6 Å². The van der Waals surface area contributed by atoms with Gasteiger partial charge in [-0.3, -0.25) is 9.36 Å². The Kier molecular flexibility index (Phi) is 2.10. The van der Waals surface area contributed by atoms with Crippen LogP contribution in [-0.2, 0) is 6.54 Å². The maximum atomic E-state index is 12.8. The zero-order chi connectivity index (χ0) is 10.1. The summed E-state index contributed by atoms with van der Waals surface area (Å²) in [6.07, 6.45) is 5.13. The van der Waals surface area contributed by atoms with Gasteiger partial charge in [-0.2, -0.15) is 0 Å². The zero-order valence-corrected chi connectivity index (χ0v) is 7.97. The second-order valence-electron chi connectivity index (χ2n) is 2.77. The van der Waals surface area contributed by atoms with E-state index in [1.165, 1.54) is 16.7 Å². The molecule has 0 saturated heterocycles. The standard InChI is InChI=1S/C10H6FNOS/c1-2-5-12-8-4-3-7(11)6-9(8)14-10(12)13/h1,3-4,6H,5H2. The van der Waals surface area contributed by atoms with Crippen molar-refractivity contribution in [1.29, 1.82) is 0 Å². The van der Waals surface area contributed by atoms with Gasteiger partial charge in [0, 0.05) is 0 Å². The molecule has 0 aliphatic rings. The molecule has 1 heterocycles. The number of benzene rings is 1. The topological polar surface area (TPSA) is 22.0 Å². The number of terminal acetylenes is 1. The lowest BCUT2D eigenvalue weighted by Crippen LogP contribution is -2.11. The van der Waals surface area contributed by atoms with Crippen molar-refractivity contribution in [2.75, 3.05) is 0 Å². The molecule has 0 amide bonds. The molecular weight excluding hydrogens is 201 g/mol. The van der Waals surface area contributed by atoms with Crippen LogP contribution in [0.15, 0.2) is 23.0 Å². The first kappa shape index (κ1) is 8.97. The molecule has 0 N–H and O–H groups in total. The molecular formula is C10H6FNOS. The number of hydrogen-bond donors (Lipinski definition) is 0. The van der Waals surface area contributed by atoms with E-state index >= 15 is 0 Å². The highest BCUT2D eigenvalue weighted by molar-refractivity contribution is 7.16. The molecule has 0 spiro atoms. The Morgan fingerprint density at radius 2 is 2.36 bits per heavy atom. The Morgan fingerprint density at radius 1 is 1.57 bits per heavy atom. The zero-order valence-electron chi connectivity index (χ0n) is 7.16. The predicted molar refractivity (Wildman–Crippen MR) is 54.9 cm³/mol. The van der Waals surface area contributed by atoms with E-state index in [1.807, 2.05) is 0 Å². The molecule has 70 valence electrons. The van der Waals surface area contributed by atoms with Gasteiger partial charge in [0.15, 0.2) is 0 Å². The fraction of sp³-hybridized carbons (Fsp3) is 0.100. The van der Waals surface area contributed by atoms with Crippen molar-refractivity contribution in [3.05, 3.63) is 33.7 Å². The first-order valence-corrected chi connectivity index (χ1v) is 4.76. The summed E-state index contributed by atoms with van der Waals surface area (Å²) in [5.74, 6) is 2.05. The summed E-state index contributed by atoms with van der Waals surface area (Å²) in [5, 5.41) is 0. The summed E-state index contributed by atoms with van der Waals surface area (Å²) >= 11 is 1.00. The Bertz CT molecular complexity index is 576. The summed E-state index contributed by atoms with van der Waals surface area (Å²) in [6, 6.07) is 4.23. The summed E-state index contributed by atoms with van der Waals surface area (Å²) in [7, 11) is 0. The first-order chi connectivity index (χ1) is 6.72. The molecule has 0 bridgehead atoms. The lowest BCUT2D eigenvalue weighted by atomic mass is 10.3. The van der Waals surface area contributed by atoms with Gasteiger partial charge in [0.1, 0.15) is 5.82 Å². The summed E-state index contributed by atoms with van der Waals surface area (Å²) in [4.78, 5) is 11.3.